The largest absolute Gasteiger partial charge is 0.459 e. The van der Waals surface area contributed by atoms with Gasteiger partial charge in [0.25, 0.3) is 11.8 Å². The number of aromatic amines is 1. The zero-order valence-electron chi connectivity index (χ0n) is 15.3. The van der Waals surface area contributed by atoms with Gasteiger partial charge in [-0.15, -0.1) is 0 Å². The number of furan rings is 1. The molecule has 2 aromatic rings. The molecule has 7 nitrogen and oxygen atoms in total. The highest BCUT2D eigenvalue weighted by Gasteiger charge is 2.28. The van der Waals surface area contributed by atoms with Crippen molar-refractivity contribution in [1.82, 2.24) is 14.8 Å². The summed E-state index contributed by atoms with van der Waals surface area (Å²) in [6.07, 6.45) is 2.17. The number of rotatable bonds is 3. The number of ketones is 1. The molecule has 26 heavy (non-hydrogen) atoms. The fraction of sp³-hybridized carbons (Fsp3) is 0.421. The predicted molar refractivity (Wildman–Crippen MR) is 95.4 cm³/mol. The van der Waals surface area contributed by atoms with E-state index in [1.807, 2.05) is 0 Å². The molecule has 7 heteroatoms. The van der Waals surface area contributed by atoms with Gasteiger partial charge in [-0.25, -0.2) is 0 Å². The van der Waals surface area contributed by atoms with E-state index in [0.29, 0.717) is 60.9 Å². The molecule has 3 rings (SSSR count). The van der Waals surface area contributed by atoms with Gasteiger partial charge < -0.3 is 19.2 Å². The maximum atomic E-state index is 13.0. The molecule has 0 aromatic carbocycles. The zero-order chi connectivity index (χ0) is 18.8. The molecule has 138 valence electrons. The first kappa shape index (κ1) is 18.0. The molecular formula is C19H23N3O4. The van der Waals surface area contributed by atoms with Gasteiger partial charge in [-0.2, -0.15) is 0 Å². The van der Waals surface area contributed by atoms with Gasteiger partial charge in [0, 0.05) is 38.8 Å². The van der Waals surface area contributed by atoms with Crippen molar-refractivity contribution in [3.05, 3.63) is 46.7 Å². The Morgan fingerprint density at radius 3 is 2.23 bits per heavy atom. The van der Waals surface area contributed by atoms with Crippen LogP contribution in [0.1, 0.15) is 56.0 Å². The van der Waals surface area contributed by atoms with Gasteiger partial charge in [-0.3, -0.25) is 14.4 Å². The number of hydrogen-bond donors (Lipinski definition) is 1. The minimum absolute atomic E-state index is 0.0873. The van der Waals surface area contributed by atoms with E-state index in [0.717, 1.165) is 0 Å². The van der Waals surface area contributed by atoms with Crippen LogP contribution >= 0.6 is 0 Å². The summed E-state index contributed by atoms with van der Waals surface area (Å²) >= 11 is 0. The molecule has 1 aliphatic heterocycles. The van der Waals surface area contributed by atoms with Crippen LogP contribution in [0, 0.1) is 13.8 Å². The number of aromatic nitrogens is 1. The number of H-pyrrole nitrogens is 1. The van der Waals surface area contributed by atoms with E-state index >= 15 is 0 Å². The third-order valence-electron chi connectivity index (χ3n) is 4.81. The van der Waals surface area contributed by atoms with Crippen LogP contribution in [0.15, 0.2) is 22.8 Å². The SMILES string of the molecule is CC(=O)c1[nH]c(C)c(C(=O)N2CCCN(C(=O)c3ccco3)CC2)c1C. The molecule has 2 aromatic heterocycles. The van der Waals surface area contributed by atoms with Crippen molar-refractivity contribution in [3.63, 3.8) is 0 Å². The highest BCUT2D eigenvalue weighted by Crippen LogP contribution is 2.21. The number of carbonyl (C=O) groups is 3. The molecule has 1 aliphatic rings. The first-order valence-electron chi connectivity index (χ1n) is 8.72. The number of aryl methyl sites for hydroxylation is 1. The van der Waals surface area contributed by atoms with Gasteiger partial charge in [0.15, 0.2) is 11.5 Å². The lowest BCUT2D eigenvalue weighted by Crippen LogP contribution is -2.37. The van der Waals surface area contributed by atoms with Crippen molar-refractivity contribution in [3.8, 4) is 0 Å². The first-order chi connectivity index (χ1) is 12.4. The van der Waals surface area contributed by atoms with Crippen molar-refractivity contribution < 1.29 is 18.8 Å². The second kappa shape index (κ2) is 7.19. The topological polar surface area (TPSA) is 86.6 Å². The number of hydrogen-bond acceptors (Lipinski definition) is 4. The van der Waals surface area contributed by atoms with Gasteiger partial charge >= 0.3 is 0 Å². The number of amides is 2. The first-order valence-corrected chi connectivity index (χ1v) is 8.72. The number of nitrogens with one attached hydrogen (secondary N) is 1. The maximum absolute atomic E-state index is 13.0. The predicted octanol–water partition coefficient (Wildman–Crippen LogP) is 2.42. The van der Waals surface area contributed by atoms with Crippen LogP contribution in [0.4, 0.5) is 0 Å². The average molecular weight is 357 g/mol. The van der Waals surface area contributed by atoms with E-state index in [4.69, 9.17) is 4.42 Å². The van der Waals surface area contributed by atoms with Gasteiger partial charge in [0.1, 0.15) is 0 Å². The molecule has 0 aliphatic carbocycles. The van der Waals surface area contributed by atoms with Crippen molar-refractivity contribution >= 4 is 17.6 Å². The van der Waals surface area contributed by atoms with Crippen LogP contribution in [-0.4, -0.2) is 58.6 Å². The average Bonchev–Trinajstić information content (AvgIpc) is 3.15. The Morgan fingerprint density at radius 2 is 1.69 bits per heavy atom. The van der Waals surface area contributed by atoms with Crippen molar-refractivity contribution in [2.45, 2.75) is 27.2 Å². The fourth-order valence-corrected chi connectivity index (χ4v) is 3.46. The van der Waals surface area contributed by atoms with Gasteiger partial charge in [-0.05, 0) is 38.0 Å². The summed E-state index contributed by atoms with van der Waals surface area (Å²) in [5.74, 6) is -0.0304. The number of carbonyl (C=O) groups excluding carboxylic acids is 3. The molecule has 1 N–H and O–H groups in total. The van der Waals surface area contributed by atoms with Gasteiger partial charge in [0.05, 0.1) is 17.5 Å². The van der Waals surface area contributed by atoms with E-state index in [2.05, 4.69) is 4.98 Å². The minimum Gasteiger partial charge on any atom is -0.459 e. The van der Waals surface area contributed by atoms with Crippen LogP contribution in [0.5, 0.6) is 0 Å². The lowest BCUT2D eigenvalue weighted by molar-refractivity contribution is 0.0699. The second-order valence-corrected chi connectivity index (χ2v) is 6.60. The highest BCUT2D eigenvalue weighted by atomic mass is 16.3. The lowest BCUT2D eigenvalue weighted by atomic mass is 10.1. The third kappa shape index (κ3) is 3.29. The van der Waals surface area contributed by atoms with E-state index in [1.54, 1.807) is 35.8 Å². The van der Waals surface area contributed by atoms with E-state index < -0.39 is 0 Å². The van der Waals surface area contributed by atoms with Crippen LogP contribution in [0.25, 0.3) is 0 Å². The van der Waals surface area contributed by atoms with Crippen LogP contribution in [-0.2, 0) is 0 Å². The Labute approximate surface area is 152 Å². The van der Waals surface area contributed by atoms with Crippen molar-refractivity contribution in [1.29, 1.82) is 0 Å². The number of nitrogens with zero attached hydrogens (tertiary/aromatic N) is 2. The van der Waals surface area contributed by atoms with Crippen molar-refractivity contribution in [2.75, 3.05) is 26.2 Å². The standard InChI is InChI=1S/C19H23N3O4/c1-12-16(13(2)20-17(12)14(3)23)19(25)22-8-5-7-21(9-10-22)18(24)15-6-4-11-26-15/h4,6,11,20H,5,7-10H2,1-3H3. The molecule has 3 heterocycles. The lowest BCUT2D eigenvalue weighted by Gasteiger charge is -2.22. The molecule has 0 radical (unpaired) electrons. The van der Waals surface area contributed by atoms with Gasteiger partial charge in [-0.1, -0.05) is 0 Å². The molecular weight excluding hydrogens is 334 g/mol. The molecule has 0 saturated carbocycles. The normalized spacial score (nSPS) is 15.0. The Kier molecular flexibility index (Phi) is 4.97. The second-order valence-electron chi connectivity index (χ2n) is 6.60. The van der Waals surface area contributed by atoms with Gasteiger partial charge in [0.2, 0.25) is 0 Å². The van der Waals surface area contributed by atoms with E-state index in [-0.39, 0.29) is 17.6 Å². The maximum Gasteiger partial charge on any atom is 0.289 e. The summed E-state index contributed by atoms with van der Waals surface area (Å²) in [7, 11) is 0. The molecule has 0 bridgehead atoms. The highest BCUT2D eigenvalue weighted by molar-refractivity contribution is 6.02. The zero-order valence-corrected chi connectivity index (χ0v) is 15.3. The summed E-state index contributed by atoms with van der Waals surface area (Å²) in [5.41, 5.74) is 2.43. The Hall–Kier alpha value is -2.83. The van der Waals surface area contributed by atoms with Crippen molar-refractivity contribution in [2.24, 2.45) is 0 Å². The molecule has 1 fully saturated rings. The fourth-order valence-electron chi connectivity index (χ4n) is 3.46. The summed E-state index contributed by atoms with van der Waals surface area (Å²) in [4.78, 5) is 43.6. The third-order valence-corrected chi connectivity index (χ3v) is 4.81. The van der Waals surface area contributed by atoms with Crippen LogP contribution in [0.2, 0.25) is 0 Å². The summed E-state index contributed by atoms with van der Waals surface area (Å²) in [5, 5.41) is 0. The summed E-state index contributed by atoms with van der Waals surface area (Å²) < 4.78 is 5.18. The summed E-state index contributed by atoms with van der Waals surface area (Å²) in [6, 6.07) is 3.33. The molecule has 2 amide bonds. The minimum atomic E-state index is -0.155. The number of Topliss-reactive ketones (excluding diaryl/α,β-unsaturated/α-hetero) is 1. The van der Waals surface area contributed by atoms with E-state index in [9.17, 15) is 14.4 Å². The molecule has 0 spiro atoms. The molecule has 1 saturated heterocycles. The smallest absolute Gasteiger partial charge is 0.289 e. The summed E-state index contributed by atoms with van der Waals surface area (Å²) in [6.45, 7) is 7.12. The van der Waals surface area contributed by atoms with Crippen LogP contribution < -0.4 is 0 Å². The monoisotopic (exact) mass is 357 g/mol. The Bertz CT molecular complexity index is 835. The van der Waals surface area contributed by atoms with Crippen LogP contribution in [0.3, 0.4) is 0 Å². The molecule has 0 unspecified atom stereocenters. The Balaban J connectivity index is 1.74. The Morgan fingerprint density at radius 1 is 1.04 bits per heavy atom. The van der Waals surface area contributed by atoms with E-state index in [1.165, 1.54) is 13.2 Å². The quantitative estimate of drug-likeness (QED) is 0.855. The molecule has 0 atom stereocenters.